The van der Waals surface area contributed by atoms with E-state index >= 15 is 0 Å². The number of aryl methyl sites for hydroxylation is 1. The highest BCUT2D eigenvalue weighted by atomic mass is 32.2. The number of hydrogen-bond acceptors (Lipinski definition) is 7. The molecule has 7 nitrogen and oxygen atoms in total. The van der Waals surface area contributed by atoms with E-state index in [4.69, 9.17) is 4.74 Å². The van der Waals surface area contributed by atoms with Crippen LogP contribution in [0.2, 0.25) is 0 Å². The zero-order valence-corrected chi connectivity index (χ0v) is 18.9. The number of ether oxygens (including phenoxy) is 1. The zero-order chi connectivity index (χ0) is 22.6. The number of benzene rings is 2. The molecule has 0 fully saturated rings. The Bertz CT molecular complexity index is 1320. The summed E-state index contributed by atoms with van der Waals surface area (Å²) in [4.78, 5) is 21.3. The number of aromatic nitrogens is 2. The summed E-state index contributed by atoms with van der Waals surface area (Å²) >= 11 is 1.34. The van der Waals surface area contributed by atoms with Crippen LogP contribution in [0.1, 0.15) is 22.3 Å². The minimum Gasteiger partial charge on any atom is -0.481 e. The van der Waals surface area contributed by atoms with Crippen LogP contribution in [0.15, 0.2) is 71.8 Å². The van der Waals surface area contributed by atoms with E-state index in [-0.39, 0.29) is 22.2 Å². The Balaban J connectivity index is 1.52. The number of amides is 1. The molecule has 0 bridgehead atoms. The Morgan fingerprint density at radius 3 is 2.53 bits per heavy atom. The van der Waals surface area contributed by atoms with Crippen LogP contribution < -0.4 is 10.1 Å². The van der Waals surface area contributed by atoms with Crippen molar-refractivity contribution in [1.82, 2.24) is 9.97 Å². The van der Waals surface area contributed by atoms with Gasteiger partial charge in [0.05, 0.1) is 23.1 Å². The van der Waals surface area contributed by atoms with E-state index in [1.807, 2.05) is 54.6 Å². The van der Waals surface area contributed by atoms with Crippen LogP contribution in [-0.2, 0) is 16.3 Å². The summed E-state index contributed by atoms with van der Waals surface area (Å²) in [6, 6.07) is 19.9. The fraction of sp³-hybridized carbons (Fsp3) is 0.174. The molecule has 0 atom stereocenters. The molecule has 0 aliphatic carbocycles. The normalized spacial score (nSPS) is 11.4. The first-order valence-electron chi connectivity index (χ1n) is 9.94. The maximum absolute atomic E-state index is 12.9. The monoisotopic (exact) mass is 467 g/mol. The van der Waals surface area contributed by atoms with Crippen LogP contribution in [0.25, 0.3) is 10.2 Å². The molecule has 0 unspecified atom stereocenters. The van der Waals surface area contributed by atoms with E-state index in [9.17, 15) is 13.2 Å². The first-order valence-corrected chi connectivity index (χ1v) is 12.4. The summed E-state index contributed by atoms with van der Waals surface area (Å²) in [5.74, 6) is -0.505. The molecular weight excluding hydrogens is 446 g/mol. The number of methoxy groups -OCH3 is 1. The third-order valence-electron chi connectivity index (χ3n) is 4.80. The van der Waals surface area contributed by atoms with E-state index in [1.54, 1.807) is 0 Å². The van der Waals surface area contributed by atoms with Crippen molar-refractivity contribution < 1.29 is 17.9 Å². The summed E-state index contributed by atoms with van der Waals surface area (Å²) in [6.45, 7) is 0. The molecule has 0 saturated carbocycles. The SMILES string of the molecule is COc1cc(C(=O)Nc2nc3ccccc3s2)cc(S(=O)(=O)CCCc2ccccc2)n1. The van der Waals surface area contributed by atoms with Gasteiger partial charge < -0.3 is 4.74 Å². The van der Waals surface area contributed by atoms with Gasteiger partial charge in [-0.25, -0.2) is 18.4 Å². The van der Waals surface area contributed by atoms with Crippen molar-refractivity contribution in [3.63, 3.8) is 0 Å². The van der Waals surface area contributed by atoms with Crippen LogP contribution in [0.5, 0.6) is 5.88 Å². The quantitative estimate of drug-likeness (QED) is 0.413. The molecule has 0 aliphatic heterocycles. The van der Waals surface area contributed by atoms with Gasteiger partial charge in [0, 0.05) is 11.6 Å². The number of carbonyl (C=O) groups excluding carboxylic acids is 1. The van der Waals surface area contributed by atoms with Crippen molar-refractivity contribution in [3.8, 4) is 5.88 Å². The molecule has 2 aromatic heterocycles. The summed E-state index contributed by atoms with van der Waals surface area (Å²) in [5, 5.41) is 2.98. The molecule has 0 radical (unpaired) electrons. The van der Waals surface area contributed by atoms with Gasteiger partial charge >= 0.3 is 0 Å². The Morgan fingerprint density at radius 2 is 1.78 bits per heavy atom. The smallest absolute Gasteiger partial charge is 0.257 e. The highest BCUT2D eigenvalue weighted by Gasteiger charge is 2.21. The average molecular weight is 468 g/mol. The Labute approximate surface area is 190 Å². The molecule has 0 aliphatic rings. The summed E-state index contributed by atoms with van der Waals surface area (Å²) in [7, 11) is -2.32. The molecule has 0 saturated heterocycles. The Morgan fingerprint density at radius 1 is 1.03 bits per heavy atom. The van der Waals surface area contributed by atoms with Gasteiger partial charge in [-0.15, -0.1) is 0 Å². The minimum atomic E-state index is -3.70. The average Bonchev–Trinajstić information content (AvgIpc) is 3.21. The molecule has 2 aromatic carbocycles. The third kappa shape index (κ3) is 5.12. The van der Waals surface area contributed by atoms with Gasteiger partial charge in [0.2, 0.25) is 5.88 Å². The maximum Gasteiger partial charge on any atom is 0.257 e. The number of sulfone groups is 1. The molecule has 1 N–H and O–H groups in total. The van der Waals surface area contributed by atoms with Gasteiger partial charge in [-0.1, -0.05) is 53.8 Å². The molecule has 4 aromatic rings. The van der Waals surface area contributed by atoms with E-state index < -0.39 is 15.7 Å². The second kappa shape index (κ2) is 9.46. The number of carbonyl (C=O) groups is 1. The van der Waals surface area contributed by atoms with Gasteiger partial charge in [-0.2, -0.15) is 0 Å². The summed E-state index contributed by atoms with van der Waals surface area (Å²) in [6.07, 6.45) is 1.08. The predicted molar refractivity (Wildman–Crippen MR) is 125 cm³/mol. The lowest BCUT2D eigenvalue weighted by atomic mass is 10.1. The number of hydrogen-bond donors (Lipinski definition) is 1. The molecule has 2 heterocycles. The highest BCUT2D eigenvalue weighted by Crippen LogP contribution is 2.26. The maximum atomic E-state index is 12.9. The summed E-state index contributed by atoms with van der Waals surface area (Å²) < 4.78 is 31.8. The van der Waals surface area contributed by atoms with Crippen molar-refractivity contribution in [1.29, 1.82) is 0 Å². The molecule has 32 heavy (non-hydrogen) atoms. The van der Waals surface area contributed by atoms with Crippen molar-refractivity contribution in [2.45, 2.75) is 17.9 Å². The minimum absolute atomic E-state index is 0.0589. The van der Waals surface area contributed by atoms with E-state index in [2.05, 4.69) is 15.3 Å². The zero-order valence-electron chi connectivity index (χ0n) is 17.3. The van der Waals surface area contributed by atoms with Gasteiger partial charge in [0.15, 0.2) is 20.0 Å². The van der Waals surface area contributed by atoms with Crippen molar-refractivity contribution in [2.24, 2.45) is 0 Å². The number of anilines is 1. The Kier molecular flexibility index (Phi) is 6.48. The number of pyridine rings is 1. The van der Waals surface area contributed by atoms with Crippen LogP contribution in [0.3, 0.4) is 0 Å². The Hall–Kier alpha value is -3.30. The van der Waals surface area contributed by atoms with Crippen LogP contribution >= 0.6 is 11.3 Å². The third-order valence-corrected chi connectivity index (χ3v) is 7.43. The molecule has 0 spiro atoms. The number of fused-ring (bicyclic) bond motifs is 1. The fourth-order valence-electron chi connectivity index (χ4n) is 3.19. The fourth-order valence-corrected chi connectivity index (χ4v) is 5.32. The standard InChI is InChI=1S/C23H21N3O4S2/c1-30-20-14-17(22(27)26-23-24-18-11-5-6-12-19(18)31-23)15-21(25-20)32(28,29)13-7-10-16-8-3-2-4-9-16/h2-6,8-9,11-12,14-15H,7,10,13H2,1H3,(H,24,26,27). The number of para-hydroxylation sites is 1. The molecule has 164 valence electrons. The number of nitrogens with zero attached hydrogens (tertiary/aromatic N) is 2. The predicted octanol–water partition coefficient (Wildman–Crippen LogP) is 4.36. The largest absolute Gasteiger partial charge is 0.481 e. The van der Waals surface area contributed by atoms with Gasteiger partial charge in [-0.05, 0) is 36.6 Å². The van der Waals surface area contributed by atoms with E-state index in [0.29, 0.717) is 18.0 Å². The van der Waals surface area contributed by atoms with Crippen molar-refractivity contribution >= 4 is 42.4 Å². The lowest BCUT2D eigenvalue weighted by Gasteiger charge is -2.09. The summed E-state index contributed by atoms with van der Waals surface area (Å²) in [5.41, 5.74) is 1.98. The van der Waals surface area contributed by atoms with Crippen molar-refractivity contribution in [3.05, 3.63) is 77.9 Å². The van der Waals surface area contributed by atoms with Gasteiger partial charge in [-0.3, -0.25) is 10.1 Å². The van der Waals surface area contributed by atoms with E-state index in [0.717, 1.165) is 15.8 Å². The first kappa shape index (κ1) is 21.9. The van der Waals surface area contributed by atoms with Crippen LogP contribution in [0.4, 0.5) is 5.13 Å². The van der Waals surface area contributed by atoms with Crippen LogP contribution in [-0.4, -0.2) is 37.2 Å². The molecule has 1 amide bonds. The second-order valence-electron chi connectivity index (χ2n) is 7.09. The van der Waals surface area contributed by atoms with E-state index in [1.165, 1.54) is 30.6 Å². The number of rotatable bonds is 8. The highest BCUT2D eigenvalue weighted by molar-refractivity contribution is 7.91. The van der Waals surface area contributed by atoms with Crippen molar-refractivity contribution in [2.75, 3.05) is 18.2 Å². The second-order valence-corrected chi connectivity index (χ2v) is 10.2. The van der Waals surface area contributed by atoms with Gasteiger partial charge in [0.1, 0.15) is 0 Å². The topological polar surface area (TPSA) is 98.2 Å². The molecular formula is C23H21N3O4S2. The molecule has 9 heteroatoms. The molecule has 4 rings (SSSR count). The lowest BCUT2D eigenvalue weighted by molar-refractivity contribution is 0.102. The number of thiazole rings is 1. The first-order chi connectivity index (χ1) is 15.4. The number of nitrogens with one attached hydrogen (secondary N) is 1. The van der Waals surface area contributed by atoms with Gasteiger partial charge in [0.25, 0.3) is 5.91 Å². The lowest BCUT2D eigenvalue weighted by Crippen LogP contribution is -2.15. The van der Waals surface area contributed by atoms with Crippen LogP contribution in [0, 0.1) is 0 Å².